The normalized spacial score (nSPS) is 15.5. The van der Waals surface area contributed by atoms with Crippen LogP contribution in [0.25, 0.3) is 0 Å². The molecule has 0 saturated carbocycles. The zero-order chi connectivity index (χ0) is 17.0. The number of anilines is 1. The van der Waals surface area contributed by atoms with Crippen LogP contribution in [-0.2, 0) is 9.59 Å². The fraction of sp³-hybridized carbons (Fsp3) is 0.529. The first kappa shape index (κ1) is 17.2. The summed E-state index contributed by atoms with van der Waals surface area (Å²) in [7, 11) is 0. The maximum absolute atomic E-state index is 13.0. The lowest BCUT2D eigenvalue weighted by Gasteiger charge is -2.36. The fourth-order valence-electron chi connectivity index (χ4n) is 2.58. The Morgan fingerprint density at radius 1 is 1.09 bits per heavy atom. The third kappa shape index (κ3) is 5.23. The highest BCUT2D eigenvalue weighted by atomic mass is 19.1. The van der Waals surface area contributed by atoms with Crippen LogP contribution in [0.15, 0.2) is 24.3 Å². The zero-order valence-corrected chi connectivity index (χ0v) is 13.9. The number of piperazine rings is 1. The largest absolute Gasteiger partial charge is 0.368 e. The minimum Gasteiger partial charge on any atom is -0.368 e. The van der Waals surface area contributed by atoms with Crippen molar-refractivity contribution >= 4 is 17.5 Å². The van der Waals surface area contributed by atoms with E-state index in [0.717, 1.165) is 5.69 Å². The van der Waals surface area contributed by atoms with Crippen molar-refractivity contribution in [1.29, 1.82) is 0 Å². The molecule has 6 heteroatoms. The Balaban J connectivity index is 1.83. The lowest BCUT2D eigenvalue weighted by Crippen LogP contribution is -2.50. The first-order chi connectivity index (χ1) is 10.7. The van der Waals surface area contributed by atoms with Crippen LogP contribution in [0.3, 0.4) is 0 Å². The molecule has 1 aromatic carbocycles. The number of nitrogens with one attached hydrogen (secondary N) is 1. The Labute approximate surface area is 136 Å². The molecule has 1 saturated heterocycles. The minimum absolute atomic E-state index is 0.117. The summed E-state index contributed by atoms with van der Waals surface area (Å²) in [5.74, 6) is -0.651. The molecular formula is C17H24FN3O2. The number of halogens is 1. The number of carbonyl (C=O) groups is 2. The van der Waals surface area contributed by atoms with E-state index in [9.17, 15) is 14.0 Å². The van der Waals surface area contributed by atoms with E-state index < -0.39 is 0 Å². The molecule has 0 spiro atoms. The van der Waals surface area contributed by atoms with Crippen molar-refractivity contribution in [2.24, 2.45) is 0 Å². The van der Waals surface area contributed by atoms with Gasteiger partial charge in [0.25, 0.3) is 0 Å². The third-order valence-electron chi connectivity index (χ3n) is 3.65. The van der Waals surface area contributed by atoms with E-state index in [-0.39, 0.29) is 29.6 Å². The van der Waals surface area contributed by atoms with Crippen LogP contribution in [0.5, 0.6) is 0 Å². The Morgan fingerprint density at radius 2 is 1.65 bits per heavy atom. The monoisotopic (exact) mass is 321 g/mol. The maximum atomic E-state index is 13.0. The maximum Gasteiger partial charge on any atom is 0.232 e. The molecule has 0 aliphatic carbocycles. The van der Waals surface area contributed by atoms with Crippen LogP contribution in [-0.4, -0.2) is 48.4 Å². The van der Waals surface area contributed by atoms with Gasteiger partial charge in [-0.15, -0.1) is 0 Å². The second-order valence-electron chi connectivity index (χ2n) is 6.82. The van der Waals surface area contributed by atoms with Crippen LogP contribution >= 0.6 is 0 Å². The number of nitrogens with zero attached hydrogens (tertiary/aromatic N) is 2. The van der Waals surface area contributed by atoms with Crippen LogP contribution in [0.4, 0.5) is 10.1 Å². The van der Waals surface area contributed by atoms with Gasteiger partial charge in [-0.3, -0.25) is 9.59 Å². The summed E-state index contributed by atoms with van der Waals surface area (Å²) in [6, 6.07) is 6.35. The van der Waals surface area contributed by atoms with Crippen LogP contribution in [0.1, 0.15) is 27.2 Å². The SMILES string of the molecule is CC(C)(C)NC(=O)CC(=O)N1CCN(c2ccc(F)cc2)CC1. The van der Waals surface area contributed by atoms with Crippen LogP contribution < -0.4 is 10.2 Å². The van der Waals surface area contributed by atoms with Gasteiger partial charge >= 0.3 is 0 Å². The van der Waals surface area contributed by atoms with E-state index in [2.05, 4.69) is 10.2 Å². The van der Waals surface area contributed by atoms with E-state index in [1.165, 1.54) is 12.1 Å². The second-order valence-corrected chi connectivity index (χ2v) is 6.82. The van der Waals surface area contributed by atoms with E-state index in [0.29, 0.717) is 26.2 Å². The topological polar surface area (TPSA) is 52.7 Å². The van der Waals surface area contributed by atoms with Gasteiger partial charge in [0.2, 0.25) is 11.8 Å². The third-order valence-corrected chi connectivity index (χ3v) is 3.65. The van der Waals surface area contributed by atoms with Crippen molar-refractivity contribution in [1.82, 2.24) is 10.2 Å². The Kier molecular flexibility index (Phi) is 5.23. The molecule has 2 rings (SSSR count). The van der Waals surface area contributed by atoms with Crippen molar-refractivity contribution in [3.8, 4) is 0 Å². The first-order valence-corrected chi connectivity index (χ1v) is 7.84. The zero-order valence-electron chi connectivity index (χ0n) is 13.9. The summed E-state index contributed by atoms with van der Waals surface area (Å²) in [4.78, 5) is 27.8. The van der Waals surface area contributed by atoms with Gasteiger partial charge in [0, 0.05) is 37.4 Å². The van der Waals surface area contributed by atoms with Crippen molar-refractivity contribution in [2.75, 3.05) is 31.1 Å². The lowest BCUT2D eigenvalue weighted by atomic mass is 10.1. The molecule has 1 fully saturated rings. The highest BCUT2D eigenvalue weighted by Crippen LogP contribution is 2.17. The molecule has 0 atom stereocenters. The van der Waals surface area contributed by atoms with E-state index in [1.54, 1.807) is 17.0 Å². The molecule has 1 aromatic rings. The molecule has 1 aliphatic heterocycles. The molecule has 1 N–H and O–H groups in total. The number of hydrogen-bond acceptors (Lipinski definition) is 3. The fourth-order valence-corrected chi connectivity index (χ4v) is 2.58. The van der Waals surface area contributed by atoms with Crippen molar-refractivity contribution < 1.29 is 14.0 Å². The molecule has 0 aromatic heterocycles. The lowest BCUT2D eigenvalue weighted by molar-refractivity contribution is -0.136. The summed E-state index contributed by atoms with van der Waals surface area (Å²) in [6.07, 6.45) is -0.117. The average Bonchev–Trinajstić information content (AvgIpc) is 2.46. The molecule has 5 nitrogen and oxygen atoms in total. The van der Waals surface area contributed by atoms with Crippen molar-refractivity contribution in [3.63, 3.8) is 0 Å². The quantitative estimate of drug-likeness (QED) is 0.864. The number of benzene rings is 1. The van der Waals surface area contributed by atoms with Crippen LogP contribution in [0.2, 0.25) is 0 Å². The molecule has 1 aliphatic rings. The second kappa shape index (κ2) is 6.98. The van der Waals surface area contributed by atoms with Gasteiger partial charge in [-0.1, -0.05) is 0 Å². The Hall–Kier alpha value is -2.11. The number of amides is 2. The summed E-state index contributed by atoms with van der Waals surface area (Å²) in [5.41, 5.74) is 0.613. The Morgan fingerprint density at radius 3 is 2.17 bits per heavy atom. The summed E-state index contributed by atoms with van der Waals surface area (Å²) >= 11 is 0. The molecule has 0 unspecified atom stereocenters. The van der Waals surface area contributed by atoms with E-state index in [4.69, 9.17) is 0 Å². The predicted octanol–water partition coefficient (Wildman–Crippen LogP) is 1.78. The minimum atomic E-state index is -0.335. The Bertz CT molecular complexity index is 558. The molecule has 126 valence electrons. The van der Waals surface area contributed by atoms with Gasteiger partial charge in [0.15, 0.2) is 0 Å². The van der Waals surface area contributed by atoms with Crippen LogP contribution in [0, 0.1) is 5.82 Å². The number of rotatable bonds is 3. The highest BCUT2D eigenvalue weighted by molar-refractivity contribution is 5.97. The van der Waals surface area contributed by atoms with Gasteiger partial charge < -0.3 is 15.1 Å². The molecular weight excluding hydrogens is 297 g/mol. The first-order valence-electron chi connectivity index (χ1n) is 7.84. The van der Waals surface area contributed by atoms with Crippen molar-refractivity contribution in [2.45, 2.75) is 32.7 Å². The van der Waals surface area contributed by atoms with E-state index in [1.807, 2.05) is 20.8 Å². The van der Waals surface area contributed by atoms with Gasteiger partial charge in [0.05, 0.1) is 0 Å². The summed E-state index contributed by atoms with van der Waals surface area (Å²) in [6.45, 7) is 8.15. The highest BCUT2D eigenvalue weighted by Gasteiger charge is 2.24. The van der Waals surface area contributed by atoms with Crippen molar-refractivity contribution in [3.05, 3.63) is 30.1 Å². The van der Waals surface area contributed by atoms with Gasteiger partial charge in [-0.25, -0.2) is 4.39 Å². The molecule has 23 heavy (non-hydrogen) atoms. The number of hydrogen-bond donors (Lipinski definition) is 1. The number of carbonyl (C=O) groups excluding carboxylic acids is 2. The summed E-state index contributed by atoms with van der Waals surface area (Å²) < 4.78 is 13.0. The molecule has 0 radical (unpaired) electrons. The van der Waals surface area contributed by atoms with Gasteiger partial charge in [0.1, 0.15) is 12.2 Å². The standard InChI is InChI=1S/C17H24FN3O2/c1-17(2,3)19-15(22)12-16(23)21-10-8-20(9-11-21)14-6-4-13(18)5-7-14/h4-7H,8-12H2,1-3H3,(H,19,22). The molecule has 2 amide bonds. The van der Waals surface area contributed by atoms with Gasteiger partial charge in [-0.05, 0) is 45.0 Å². The van der Waals surface area contributed by atoms with E-state index >= 15 is 0 Å². The summed E-state index contributed by atoms with van der Waals surface area (Å²) in [5, 5.41) is 2.80. The molecule has 1 heterocycles. The predicted molar refractivity (Wildman–Crippen MR) is 87.7 cm³/mol. The average molecular weight is 321 g/mol. The smallest absolute Gasteiger partial charge is 0.232 e. The molecule has 0 bridgehead atoms. The van der Waals surface area contributed by atoms with Gasteiger partial charge in [-0.2, -0.15) is 0 Å².